The standard InChI is InChI=1S/C40H40N4S.Pt/c1-26(2)32-21-14-16-29(7)37(32)43-24-35(30-17-10-8-11-18-30)41-39(43)45-40-42-36(31-19-12-9-13-20-31)25-44(40)38-33(27(3)4)22-15-23-34(38)28(5)6;/h8-17,19,21-28H,1-7H3;/q-2;+2. The van der Waals surface area contributed by atoms with E-state index in [-0.39, 0.29) is 21.1 Å². The molecule has 0 saturated carbocycles. The molecule has 0 spiro atoms. The second-order valence-electron chi connectivity index (χ2n) is 12.5. The van der Waals surface area contributed by atoms with Crippen LogP contribution in [0, 0.1) is 19.1 Å². The Bertz CT molecular complexity index is 1890. The van der Waals surface area contributed by atoms with E-state index in [4.69, 9.17) is 9.97 Å². The Hall–Kier alpha value is -3.66. The van der Waals surface area contributed by atoms with Gasteiger partial charge in [-0.1, -0.05) is 77.9 Å². The molecule has 0 unspecified atom stereocenters. The van der Waals surface area contributed by atoms with E-state index in [0.717, 1.165) is 32.8 Å². The number of rotatable bonds is 9. The van der Waals surface area contributed by atoms with Gasteiger partial charge in [0, 0.05) is 11.4 Å². The second kappa shape index (κ2) is 14.4. The van der Waals surface area contributed by atoms with E-state index in [1.54, 1.807) is 11.8 Å². The van der Waals surface area contributed by atoms with Crippen molar-refractivity contribution in [2.75, 3.05) is 0 Å². The molecule has 0 fully saturated rings. The van der Waals surface area contributed by atoms with E-state index < -0.39 is 0 Å². The maximum absolute atomic E-state index is 5.28. The summed E-state index contributed by atoms with van der Waals surface area (Å²) in [6, 6.07) is 36.1. The number of para-hydroxylation sites is 2. The quantitative estimate of drug-likeness (QED) is 0.137. The van der Waals surface area contributed by atoms with E-state index in [2.05, 4.69) is 131 Å². The zero-order valence-corrected chi connectivity index (χ0v) is 30.6. The molecule has 6 rings (SSSR count). The molecule has 0 amide bonds. The summed E-state index contributed by atoms with van der Waals surface area (Å²) in [5, 5.41) is 1.73. The SMILES string of the molecule is Cc1cccc(C(C)C)c1-n1cc(-c2[c-]cccc2)nc1Sc1nc(-c2[c-]cccc2)cn1-c1c(C(C)C)cccc1C(C)C.[Pt+2]. The zero-order chi connectivity index (χ0) is 31.7. The number of hydrogen-bond donors (Lipinski definition) is 0. The molecular formula is C40H40N4PtS. The average molecular weight is 804 g/mol. The minimum absolute atomic E-state index is 0. The maximum atomic E-state index is 5.28. The van der Waals surface area contributed by atoms with E-state index in [1.807, 2.05) is 36.4 Å². The third kappa shape index (κ3) is 6.73. The number of aryl methyl sites for hydroxylation is 1. The monoisotopic (exact) mass is 803 g/mol. The van der Waals surface area contributed by atoms with Crippen LogP contribution < -0.4 is 0 Å². The van der Waals surface area contributed by atoms with Crippen LogP contribution in [0.5, 0.6) is 0 Å². The summed E-state index contributed by atoms with van der Waals surface area (Å²) in [6.07, 6.45) is 4.33. The summed E-state index contributed by atoms with van der Waals surface area (Å²) >= 11 is 1.61. The maximum Gasteiger partial charge on any atom is 2.00 e. The molecule has 0 bridgehead atoms. The van der Waals surface area contributed by atoms with Gasteiger partial charge in [0.1, 0.15) is 0 Å². The van der Waals surface area contributed by atoms with Gasteiger partial charge in [-0.3, -0.25) is 9.97 Å². The van der Waals surface area contributed by atoms with Crippen LogP contribution in [-0.2, 0) is 21.1 Å². The number of benzene rings is 4. The summed E-state index contributed by atoms with van der Waals surface area (Å²) in [7, 11) is 0. The first-order valence-corrected chi connectivity index (χ1v) is 16.6. The molecule has 0 aliphatic carbocycles. The van der Waals surface area contributed by atoms with Gasteiger partial charge in [0.25, 0.3) is 0 Å². The predicted molar refractivity (Wildman–Crippen MR) is 187 cm³/mol. The van der Waals surface area contributed by atoms with Gasteiger partial charge in [-0.25, -0.2) is 0 Å². The van der Waals surface area contributed by atoms with Gasteiger partial charge < -0.3 is 9.13 Å². The topological polar surface area (TPSA) is 35.6 Å². The first kappa shape index (κ1) is 33.7. The van der Waals surface area contributed by atoms with Gasteiger partial charge in [0.15, 0.2) is 10.3 Å². The van der Waals surface area contributed by atoms with Crippen LogP contribution in [-0.4, -0.2) is 19.1 Å². The Balaban J connectivity index is 0.00000417. The van der Waals surface area contributed by atoms with Gasteiger partial charge in [-0.15, -0.1) is 71.8 Å². The molecule has 0 atom stereocenters. The fourth-order valence-corrected chi connectivity index (χ4v) is 6.84. The molecule has 0 radical (unpaired) electrons. The van der Waals surface area contributed by atoms with E-state index >= 15 is 0 Å². The Morgan fingerprint density at radius 1 is 0.565 bits per heavy atom. The van der Waals surface area contributed by atoms with Crippen LogP contribution in [0.4, 0.5) is 0 Å². The average Bonchev–Trinajstić information content (AvgIpc) is 3.66. The summed E-state index contributed by atoms with van der Waals surface area (Å²) in [6.45, 7) is 15.7. The first-order valence-electron chi connectivity index (χ1n) is 15.8. The van der Waals surface area contributed by atoms with Crippen molar-refractivity contribution in [3.63, 3.8) is 0 Å². The minimum Gasteiger partial charge on any atom is -0.303 e. The Morgan fingerprint density at radius 2 is 1.00 bits per heavy atom. The van der Waals surface area contributed by atoms with Crippen molar-refractivity contribution in [3.05, 3.63) is 132 Å². The molecule has 2 heterocycles. The first-order chi connectivity index (χ1) is 21.7. The van der Waals surface area contributed by atoms with Gasteiger partial charge in [0.05, 0.1) is 11.4 Å². The van der Waals surface area contributed by atoms with Crippen molar-refractivity contribution >= 4 is 11.8 Å². The Morgan fingerprint density at radius 3 is 1.43 bits per heavy atom. The normalized spacial score (nSPS) is 11.4. The van der Waals surface area contributed by atoms with Crippen molar-refractivity contribution in [2.45, 2.75) is 76.5 Å². The largest absolute Gasteiger partial charge is 2.00 e. The van der Waals surface area contributed by atoms with Crippen molar-refractivity contribution in [1.29, 1.82) is 0 Å². The summed E-state index contributed by atoms with van der Waals surface area (Å²) in [5.41, 5.74) is 11.2. The third-order valence-electron chi connectivity index (χ3n) is 8.21. The van der Waals surface area contributed by atoms with E-state index in [0.29, 0.717) is 17.8 Å². The summed E-state index contributed by atoms with van der Waals surface area (Å²) in [4.78, 5) is 10.5. The molecule has 46 heavy (non-hydrogen) atoms. The Kier molecular flexibility index (Phi) is 10.6. The van der Waals surface area contributed by atoms with Gasteiger partial charge in [0.2, 0.25) is 0 Å². The van der Waals surface area contributed by atoms with Crippen molar-refractivity contribution in [1.82, 2.24) is 19.1 Å². The van der Waals surface area contributed by atoms with Crippen LogP contribution in [0.2, 0.25) is 0 Å². The Labute approximate surface area is 292 Å². The molecule has 2 aromatic heterocycles. The van der Waals surface area contributed by atoms with Crippen LogP contribution in [0.25, 0.3) is 33.9 Å². The molecule has 4 nitrogen and oxygen atoms in total. The predicted octanol–water partition coefficient (Wildman–Crippen LogP) is 10.8. The smallest absolute Gasteiger partial charge is 0.303 e. The van der Waals surface area contributed by atoms with Crippen LogP contribution >= 0.6 is 11.8 Å². The zero-order valence-electron chi connectivity index (χ0n) is 27.5. The third-order valence-corrected chi connectivity index (χ3v) is 9.16. The van der Waals surface area contributed by atoms with Crippen molar-refractivity contribution in [2.24, 2.45) is 0 Å². The number of nitrogens with zero attached hydrogens (tertiary/aromatic N) is 4. The van der Waals surface area contributed by atoms with Crippen LogP contribution in [0.15, 0.2) is 108 Å². The minimum atomic E-state index is 0. The molecule has 0 aliphatic heterocycles. The van der Waals surface area contributed by atoms with E-state index in [9.17, 15) is 0 Å². The number of imidazole rings is 2. The van der Waals surface area contributed by atoms with Gasteiger partial charge in [-0.2, -0.15) is 0 Å². The summed E-state index contributed by atoms with van der Waals surface area (Å²) < 4.78 is 4.55. The van der Waals surface area contributed by atoms with Gasteiger partial charge in [-0.05, 0) is 71.1 Å². The molecule has 0 N–H and O–H groups in total. The van der Waals surface area contributed by atoms with Crippen LogP contribution in [0.3, 0.4) is 0 Å². The number of hydrogen-bond acceptors (Lipinski definition) is 3. The molecule has 236 valence electrons. The molecule has 6 aromatic rings. The van der Waals surface area contributed by atoms with Crippen molar-refractivity contribution < 1.29 is 21.1 Å². The molecule has 6 heteroatoms. The molecule has 4 aromatic carbocycles. The number of aromatic nitrogens is 4. The second-order valence-corrected chi connectivity index (χ2v) is 13.4. The fourth-order valence-electron chi connectivity index (χ4n) is 5.90. The fraction of sp³-hybridized carbons (Fsp3) is 0.250. The van der Waals surface area contributed by atoms with E-state index in [1.165, 1.54) is 33.6 Å². The molecule has 0 saturated heterocycles. The summed E-state index contributed by atoms with van der Waals surface area (Å²) in [5.74, 6) is 1.03. The van der Waals surface area contributed by atoms with Crippen molar-refractivity contribution in [3.8, 4) is 33.9 Å². The van der Waals surface area contributed by atoms with Gasteiger partial charge >= 0.3 is 21.1 Å². The van der Waals surface area contributed by atoms with Crippen LogP contribution in [0.1, 0.15) is 81.5 Å². The molecule has 0 aliphatic rings. The molecular weight excluding hydrogens is 764 g/mol.